The first-order valence-electron chi connectivity index (χ1n) is 3.99. The minimum Gasteiger partial charge on any atom is -0.203 e. The van der Waals surface area contributed by atoms with E-state index in [4.69, 9.17) is 0 Å². The Kier molecular flexibility index (Phi) is 2.91. The third-order valence-corrected chi connectivity index (χ3v) is 3.25. The number of alkyl halides is 3. The molecule has 0 radical (unpaired) electrons. The van der Waals surface area contributed by atoms with Crippen LogP contribution in [0.15, 0.2) is 12.2 Å². The van der Waals surface area contributed by atoms with Crippen LogP contribution in [-0.2, 0) is 10.0 Å². The maximum Gasteiger partial charge on any atom is 0.511 e. The molecule has 14 heavy (non-hydrogen) atoms. The minimum atomic E-state index is -5.23. The lowest BCUT2D eigenvalue weighted by Crippen LogP contribution is -2.43. The summed E-state index contributed by atoms with van der Waals surface area (Å²) in [7, 11) is -5.22. The zero-order chi connectivity index (χ0) is 11.0. The molecule has 3 nitrogen and oxygen atoms in total. The van der Waals surface area contributed by atoms with Gasteiger partial charge in [-0.2, -0.15) is 13.2 Å². The number of hydrogen-bond acceptors (Lipinski definition) is 2. The molecule has 2 atom stereocenters. The van der Waals surface area contributed by atoms with E-state index in [-0.39, 0.29) is 5.92 Å². The Morgan fingerprint density at radius 2 is 2.00 bits per heavy atom. The van der Waals surface area contributed by atoms with Crippen molar-refractivity contribution in [2.24, 2.45) is 5.92 Å². The molecule has 82 valence electrons. The predicted octanol–water partition coefficient (Wildman–Crippen LogP) is 1.39. The van der Waals surface area contributed by atoms with Gasteiger partial charge in [-0.15, -0.1) is 0 Å². The molecule has 1 aliphatic rings. The molecule has 1 N–H and O–H groups in total. The SMILES string of the molecule is C[C@@H]1CC=C[C@H]1NS(=O)(=O)C(F)(F)F. The summed E-state index contributed by atoms with van der Waals surface area (Å²) >= 11 is 0. The van der Waals surface area contributed by atoms with Gasteiger partial charge >= 0.3 is 15.5 Å². The lowest BCUT2D eigenvalue weighted by molar-refractivity contribution is -0.0450. The molecule has 7 heteroatoms. The Morgan fingerprint density at radius 1 is 1.43 bits per heavy atom. The van der Waals surface area contributed by atoms with Gasteiger partial charge in [0.1, 0.15) is 0 Å². The van der Waals surface area contributed by atoms with E-state index in [1.54, 1.807) is 17.7 Å². The first-order chi connectivity index (χ1) is 6.24. The normalized spacial score (nSPS) is 28.3. The summed E-state index contributed by atoms with van der Waals surface area (Å²) in [6.45, 7) is 1.68. The van der Waals surface area contributed by atoms with Gasteiger partial charge in [-0.1, -0.05) is 19.1 Å². The van der Waals surface area contributed by atoms with E-state index in [1.807, 2.05) is 0 Å². The number of hydrogen-bond donors (Lipinski definition) is 1. The second-order valence-electron chi connectivity index (χ2n) is 3.23. The summed E-state index contributed by atoms with van der Waals surface area (Å²) in [5.74, 6) is -0.132. The Balaban J connectivity index is 2.74. The molecular formula is C7H10F3NO2S. The molecule has 0 unspecified atom stereocenters. The maximum atomic E-state index is 11.9. The molecule has 0 heterocycles. The lowest BCUT2D eigenvalue weighted by atomic mass is 10.1. The summed E-state index contributed by atoms with van der Waals surface area (Å²) < 4.78 is 58.8. The van der Waals surface area contributed by atoms with Crippen LogP contribution in [0.4, 0.5) is 13.2 Å². The van der Waals surface area contributed by atoms with E-state index in [9.17, 15) is 21.6 Å². The summed E-state index contributed by atoms with van der Waals surface area (Å²) in [4.78, 5) is 0. The third kappa shape index (κ3) is 2.27. The molecule has 0 saturated carbocycles. The topological polar surface area (TPSA) is 46.2 Å². The number of nitrogens with one attached hydrogen (secondary N) is 1. The van der Waals surface area contributed by atoms with Crippen LogP contribution in [0.2, 0.25) is 0 Å². The summed E-state index contributed by atoms with van der Waals surface area (Å²) in [5, 5.41) is 0. The van der Waals surface area contributed by atoms with Crippen molar-refractivity contribution in [1.29, 1.82) is 0 Å². The Bertz CT molecular complexity index is 333. The second-order valence-corrected chi connectivity index (χ2v) is 4.94. The van der Waals surface area contributed by atoms with E-state index in [0.717, 1.165) is 0 Å². The monoisotopic (exact) mass is 229 g/mol. The van der Waals surface area contributed by atoms with E-state index in [2.05, 4.69) is 0 Å². The van der Waals surface area contributed by atoms with Gasteiger partial charge in [0.2, 0.25) is 0 Å². The molecule has 0 aromatic rings. The average Bonchev–Trinajstić information content (AvgIpc) is 2.33. The number of allylic oxidation sites excluding steroid dienone is 1. The van der Waals surface area contributed by atoms with Gasteiger partial charge in [0.15, 0.2) is 0 Å². The van der Waals surface area contributed by atoms with Crippen molar-refractivity contribution in [3.05, 3.63) is 12.2 Å². The summed E-state index contributed by atoms with van der Waals surface area (Å²) in [6.07, 6.45) is 3.69. The van der Waals surface area contributed by atoms with Crippen molar-refractivity contribution >= 4 is 10.0 Å². The van der Waals surface area contributed by atoms with Gasteiger partial charge in [0.25, 0.3) is 0 Å². The molecular weight excluding hydrogens is 219 g/mol. The highest BCUT2D eigenvalue weighted by Crippen LogP contribution is 2.25. The first-order valence-corrected chi connectivity index (χ1v) is 5.47. The van der Waals surface area contributed by atoms with Crippen molar-refractivity contribution in [3.8, 4) is 0 Å². The van der Waals surface area contributed by atoms with Gasteiger partial charge in [-0.25, -0.2) is 13.1 Å². The number of halogens is 3. The maximum absolute atomic E-state index is 11.9. The molecule has 1 rings (SSSR count). The fraction of sp³-hybridized carbons (Fsp3) is 0.714. The molecule has 0 bridgehead atoms. The molecule has 1 aliphatic carbocycles. The molecule has 0 aliphatic heterocycles. The van der Waals surface area contributed by atoms with Gasteiger partial charge in [0, 0.05) is 6.04 Å². The fourth-order valence-corrected chi connectivity index (χ4v) is 1.98. The molecule has 0 fully saturated rings. The van der Waals surface area contributed by atoms with Crippen molar-refractivity contribution in [1.82, 2.24) is 4.72 Å². The zero-order valence-corrected chi connectivity index (χ0v) is 8.19. The second kappa shape index (κ2) is 3.54. The van der Waals surface area contributed by atoms with Crippen molar-refractivity contribution in [2.75, 3.05) is 0 Å². The third-order valence-electron chi connectivity index (χ3n) is 2.06. The smallest absolute Gasteiger partial charge is 0.203 e. The van der Waals surface area contributed by atoms with Gasteiger partial charge < -0.3 is 0 Å². The van der Waals surface area contributed by atoms with Crippen molar-refractivity contribution in [2.45, 2.75) is 24.9 Å². The first kappa shape index (κ1) is 11.5. The van der Waals surface area contributed by atoms with Gasteiger partial charge in [-0.3, -0.25) is 0 Å². The highest BCUT2D eigenvalue weighted by atomic mass is 32.2. The molecule has 0 spiro atoms. The van der Waals surface area contributed by atoms with Crippen LogP contribution < -0.4 is 4.72 Å². The minimum absolute atomic E-state index is 0.132. The van der Waals surface area contributed by atoms with Crippen LogP contribution in [0, 0.1) is 5.92 Å². The predicted molar refractivity (Wildman–Crippen MR) is 44.8 cm³/mol. The van der Waals surface area contributed by atoms with Crippen LogP contribution in [0.3, 0.4) is 0 Å². The summed E-state index contributed by atoms with van der Waals surface area (Å²) in [5.41, 5.74) is -5.23. The van der Waals surface area contributed by atoms with Crippen LogP contribution in [-0.4, -0.2) is 20.0 Å². The van der Waals surface area contributed by atoms with Crippen LogP contribution in [0.25, 0.3) is 0 Å². The highest BCUT2D eigenvalue weighted by molar-refractivity contribution is 7.90. The van der Waals surface area contributed by atoms with Gasteiger partial charge in [-0.05, 0) is 12.3 Å². The van der Waals surface area contributed by atoms with Crippen LogP contribution >= 0.6 is 0 Å². The Hall–Kier alpha value is -0.560. The number of rotatable bonds is 2. The summed E-state index contributed by atoms with van der Waals surface area (Å²) in [6, 6.07) is -0.748. The van der Waals surface area contributed by atoms with E-state index in [0.29, 0.717) is 6.42 Å². The molecule has 0 saturated heterocycles. The van der Waals surface area contributed by atoms with Crippen molar-refractivity contribution < 1.29 is 21.6 Å². The highest BCUT2D eigenvalue weighted by Gasteiger charge is 2.47. The van der Waals surface area contributed by atoms with Crippen LogP contribution in [0.1, 0.15) is 13.3 Å². The standard InChI is InChI=1S/C7H10F3NO2S/c1-5-3-2-4-6(5)11-14(12,13)7(8,9)10/h2,4-6,11H,3H2,1H3/t5-,6-/m1/s1. The van der Waals surface area contributed by atoms with E-state index < -0.39 is 21.6 Å². The van der Waals surface area contributed by atoms with Gasteiger partial charge in [0.05, 0.1) is 0 Å². The quantitative estimate of drug-likeness (QED) is 0.727. The van der Waals surface area contributed by atoms with E-state index in [1.165, 1.54) is 6.08 Å². The Labute approximate surface area is 80.0 Å². The van der Waals surface area contributed by atoms with Crippen molar-refractivity contribution in [3.63, 3.8) is 0 Å². The Morgan fingerprint density at radius 3 is 2.36 bits per heavy atom. The van der Waals surface area contributed by atoms with Crippen LogP contribution in [0.5, 0.6) is 0 Å². The average molecular weight is 229 g/mol. The molecule has 0 amide bonds. The molecule has 0 aromatic heterocycles. The zero-order valence-electron chi connectivity index (χ0n) is 7.38. The fourth-order valence-electron chi connectivity index (χ4n) is 1.18. The molecule has 0 aromatic carbocycles. The largest absolute Gasteiger partial charge is 0.511 e. The lowest BCUT2D eigenvalue weighted by Gasteiger charge is -2.17. The number of sulfonamides is 1. The van der Waals surface area contributed by atoms with E-state index >= 15 is 0 Å².